The van der Waals surface area contributed by atoms with Crippen LogP contribution in [-0.2, 0) is 28.3 Å². The van der Waals surface area contributed by atoms with E-state index >= 15 is 0 Å². The van der Waals surface area contributed by atoms with Gasteiger partial charge in [0, 0.05) is 5.69 Å². The number of alkyl halides is 6. The van der Waals surface area contributed by atoms with E-state index in [4.69, 9.17) is 5.73 Å². The van der Waals surface area contributed by atoms with Crippen LogP contribution < -0.4 is 5.73 Å². The summed E-state index contributed by atoms with van der Waals surface area (Å²) in [5, 5.41) is 0. The first-order chi connectivity index (χ1) is 9.46. The minimum Gasteiger partial charge on any atom is -0.466 e. The summed E-state index contributed by atoms with van der Waals surface area (Å²) in [5.74, 6) is -0.878. The Labute approximate surface area is 115 Å². The average molecular weight is 315 g/mol. The number of anilines is 1. The van der Waals surface area contributed by atoms with Gasteiger partial charge < -0.3 is 10.5 Å². The molecule has 0 radical (unpaired) electrons. The molecule has 9 heteroatoms. The van der Waals surface area contributed by atoms with Gasteiger partial charge in [-0.05, 0) is 24.6 Å². The number of nitrogens with two attached hydrogens (primary N) is 1. The fourth-order valence-corrected chi connectivity index (χ4v) is 1.65. The lowest BCUT2D eigenvalue weighted by Crippen LogP contribution is -2.19. The molecule has 0 fully saturated rings. The van der Waals surface area contributed by atoms with Gasteiger partial charge in [-0.25, -0.2) is 0 Å². The number of nitrogen functional groups attached to an aromatic ring is 1. The topological polar surface area (TPSA) is 52.3 Å². The van der Waals surface area contributed by atoms with Crippen molar-refractivity contribution < 1.29 is 35.9 Å². The maximum absolute atomic E-state index is 12.7. The molecule has 0 unspecified atom stereocenters. The molecule has 21 heavy (non-hydrogen) atoms. The van der Waals surface area contributed by atoms with Gasteiger partial charge in [-0.15, -0.1) is 0 Å². The molecular weight excluding hydrogens is 304 g/mol. The van der Waals surface area contributed by atoms with Crippen LogP contribution in [0.3, 0.4) is 0 Å². The molecule has 1 rings (SSSR count). The fourth-order valence-electron chi connectivity index (χ4n) is 1.65. The van der Waals surface area contributed by atoms with E-state index in [0.717, 1.165) is 0 Å². The SMILES string of the molecule is CCOC(=O)Cc1cc(C(F)(F)F)c(C(F)(F)F)cc1N. The number of carbonyl (C=O) groups excluding carboxylic acids is 1. The van der Waals surface area contributed by atoms with Crippen molar-refractivity contribution in [3.8, 4) is 0 Å². The Balaban J connectivity index is 3.35. The predicted octanol–water partition coefficient (Wildman–Crippen LogP) is 3.41. The van der Waals surface area contributed by atoms with Gasteiger partial charge in [-0.3, -0.25) is 4.79 Å². The maximum Gasteiger partial charge on any atom is 0.417 e. The van der Waals surface area contributed by atoms with Gasteiger partial charge in [0.05, 0.1) is 24.2 Å². The molecule has 2 N–H and O–H groups in total. The minimum absolute atomic E-state index is 0.00843. The molecule has 0 saturated heterocycles. The van der Waals surface area contributed by atoms with Gasteiger partial charge in [0.15, 0.2) is 0 Å². The summed E-state index contributed by atoms with van der Waals surface area (Å²) in [6.07, 6.45) is -11.1. The second-order valence-corrected chi connectivity index (χ2v) is 4.07. The van der Waals surface area contributed by atoms with Gasteiger partial charge in [-0.2, -0.15) is 26.3 Å². The van der Waals surface area contributed by atoms with Crippen LogP contribution in [0, 0.1) is 0 Å². The highest BCUT2D eigenvalue weighted by Crippen LogP contribution is 2.42. The summed E-state index contributed by atoms with van der Waals surface area (Å²) in [7, 11) is 0. The van der Waals surface area contributed by atoms with Crippen LogP contribution in [0.15, 0.2) is 12.1 Å². The Bertz CT molecular complexity index is 536. The van der Waals surface area contributed by atoms with E-state index in [1.807, 2.05) is 0 Å². The quantitative estimate of drug-likeness (QED) is 0.528. The Hall–Kier alpha value is -1.93. The van der Waals surface area contributed by atoms with E-state index in [2.05, 4.69) is 4.74 Å². The number of rotatable bonds is 3. The molecule has 1 aromatic carbocycles. The molecule has 118 valence electrons. The van der Waals surface area contributed by atoms with E-state index in [1.54, 1.807) is 0 Å². The number of hydrogen-bond donors (Lipinski definition) is 1. The molecule has 0 saturated carbocycles. The van der Waals surface area contributed by atoms with Crippen molar-refractivity contribution in [2.75, 3.05) is 12.3 Å². The van der Waals surface area contributed by atoms with Crippen LogP contribution in [-0.4, -0.2) is 12.6 Å². The standard InChI is InChI=1S/C12H11F6NO2/c1-2-21-10(20)4-6-3-7(11(13,14)15)8(5-9(6)19)12(16,17)18/h3,5H,2,4,19H2,1H3. The van der Waals surface area contributed by atoms with Crippen molar-refractivity contribution >= 4 is 11.7 Å². The average Bonchev–Trinajstić information content (AvgIpc) is 2.28. The summed E-state index contributed by atoms with van der Waals surface area (Å²) < 4.78 is 80.6. The van der Waals surface area contributed by atoms with Gasteiger partial charge in [-0.1, -0.05) is 0 Å². The van der Waals surface area contributed by atoms with Crippen LogP contribution in [0.5, 0.6) is 0 Å². The zero-order valence-corrected chi connectivity index (χ0v) is 10.7. The number of benzene rings is 1. The summed E-state index contributed by atoms with van der Waals surface area (Å²) in [6, 6.07) is 0.409. The number of esters is 1. The van der Waals surface area contributed by atoms with Crippen LogP contribution in [0.25, 0.3) is 0 Å². The van der Waals surface area contributed by atoms with Crippen LogP contribution >= 0.6 is 0 Å². The third-order valence-corrected chi connectivity index (χ3v) is 2.53. The zero-order chi connectivity index (χ0) is 16.4. The zero-order valence-electron chi connectivity index (χ0n) is 10.7. The summed E-state index contributed by atoms with van der Waals surface area (Å²) >= 11 is 0. The van der Waals surface area contributed by atoms with Crippen molar-refractivity contribution in [3.63, 3.8) is 0 Å². The molecule has 0 aliphatic heterocycles. The molecule has 0 bridgehead atoms. The summed E-state index contributed by atoms with van der Waals surface area (Å²) in [6.45, 7) is 1.47. The number of ether oxygens (including phenoxy) is 1. The largest absolute Gasteiger partial charge is 0.466 e. The molecule has 0 heterocycles. The van der Waals surface area contributed by atoms with Crippen molar-refractivity contribution in [2.45, 2.75) is 25.7 Å². The molecular formula is C12H11F6NO2. The van der Waals surface area contributed by atoms with Crippen LogP contribution in [0.1, 0.15) is 23.6 Å². The van der Waals surface area contributed by atoms with Gasteiger partial charge in [0.2, 0.25) is 0 Å². The number of halogens is 6. The highest BCUT2D eigenvalue weighted by Gasteiger charge is 2.43. The van der Waals surface area contributed by atoms with Crippen molar-refractivity contribution in [1.29, 1.82) is 0 Å². The van der Waals surface area contributed by atoms with E-state index < -0.39 is 41.6 Å². The van der Waals surface area contributed by atoms with Crippen molar-refractivity contribution in [1.82, 2.24) is 0 Å². The Morgan fingerprint density at radius 1 is 1.10 bits per heavy atom. The number of hydrogen-bond acceptors (Lipinski definition) is 3. The molecule has 0 spiro atoms. The lowest BCUT2D eigenvalue weighted by atomic mass is 9.99. The van der Waals surface area contributed by atoms with Gasteiger partial charge in [0.1, 0.15) is 0 Å². The van der Waals surface area contributed by atoms with Crippen LogP contribution in [0.2, 0.25) is 0 Å². The van der Waals surface area contributed by atoms with E-state index in [9.17, 15) is 31.1 Å². The fraction of sp³-hybridized carbons (Fsp3) is 0.417. The minimum atomic E-state index is -5.22. The molecule has 0 aromatic heterocycles. The van der Waals surface area contributed by atoms with Gasteiger partial charge >= 0.3 is 18.3 Å². The van der Waals surface area contributed by atoms with Crippen LogP contribution in [0.4, 0.5) is 32.0 Å². The molecule has 1 aromatic rings. The third-order valence-electron chi connectivity index (χ3n) is 2.53. The lowest BCUT2D eigenvalue weighted by Gasteiger charge is -2.18. The van der Waals surface area contributed by atoms with E-state index in [0.29, 0.717) is 0 Å². The molecule has 3 nitrogen and oxygen atoms in total. The van der Waals surface area contributed by atoms with Crippen molar-refractivity contribution in [3.05, 3.63) is 28.8 Å². The van der Waals surface area contributed by atoms with Gasteiger partial charge in [0.25, 0.3) is 0 Å². The first-order valence-corrected chi connectivity index (χ1v) is 5.69. The molecule has 0 atom stereocenters. The van der Waals surface area contributed by atoms with E-state index in [1.165, 1.54) is 6.92 Å². The lowest BCUT2D eigenvalue weighted by molar-refractivity contribution is -0.162. The Morgan fingerprint density at radius 3 is 2.00 bits per heavy atom. The summed E-state index contributed by atoms with van der Waals surface area (Å²) in [5.41, 5.74) is 0.606. The highest BCUT2D eigenvalue weighted by atomic mass is 19.4. The maximum atomic E-state index is 12.7. The molecule has 0 aliphatic carbocycles. The Morgan fingerprint density at radius 2 is 1.57 bits per heavy atom. The monoisotopic (exact) mass is 315 g/mol. The third kappa shape index (κ3) is 4.27. The first-order valence-electron chi connectivity index (χ1n) is 5.69. The molecule has 0 amide bonds. The van der Waals surface area contributed by atoms with Crippen molar-refractivity contribution in [2.24, 2.45) is 0 Å². The summed E-state index contributed by atoms with van der Waals surface area (Å²) in [4.78, 5) is 11.2. The Kier molecular flexibility index (Phi) is 4.75. The smallest absolute Gasteiger partial charge is 0.417 e. The predicted molar refractivity (Wildman–Crippen MR) is 61.2 cm³/mol. The molecule has 0 aliphatic rings. The highest BCUT2D eigenvalue weighted by molar-refractivity contribution is 5.75. The second kappa shape index (κ2) is 5.82. The first kappa shape index (κ1) is 17.1. The number of carbonyl (C=O) groups is 1. The second-order valence-electron chi connectivity index (χ2n) is 4.07. The van der Waals surface area contributed by atoms with E-state index in [-0.39, 0.29) is 24.3 Å². The normalized spacial score (nSPS) is 12.3.